The van der Waals surface area contributed by atoms with Crippen LogP contribution in [0.2, 0.25) is 0 Å². The summed E-state index contributed by atoms with van der Waals surface area (Å²) in [5, 5.41) is 12.3. The second kappa shape index (κ2) is 5.80. The second-order valence-electron chi connectivity index (χ2n) is 4.23. The summed E-state index contributed by atoms with van der Waals surface area (Å²) in [4.78, 5) is 11.2. The van der Waals surface area contributed by atoms with Gasteiger partial charge in [-0.1, -0.05) is 30.3 Å². The van der Waals surface area contributed by atoms with Crippen LogP contribution in [0.15, 0.2) is 30.3 Å². The molecule has 0 saturated carbocycles. The minimum Gasteiger partial charge on any atom is -0.480 e. The van der Waals surface area contributed by atoms with Crippen LogP contribution < -0.4 is 5.32 Å². The Balaban J connectivity index is 1.95. The van der Waals surface area contributed by atoms with Gasteiger partial charge in [0.1, 0.15) is 6.04 Å². The monoisotopic (exact) mass is 235 g/mol. The molecular weight excluding hydrogens is 218 g/mol. The average Bonchev–Trinajstić information content (AvgIpc) is 2.83. The van der Waals surface area contributed by atoms with Crippen molar-refractivity contribution in [2.24, 2.45) is 0 Å². The van der Waals surface area contributed by atoms with E-state index < -0.39 is 12.0 Å². The number of carbonyl (C=O) groups is 1. The molecule has 0 aromatic heterocycles. The highest BCUT2D eigenvalue weighted by Gasteiger charge is 2.22. The maximum Gasteiger partial charge on any atom is 0.325 e. The molecule has 0 spiro atoms. The minimum absolute atomic E-state index is 0.153. The summed E-state index contributed by atoms with van der Waals surface area (Å²) in [5.41, 5.74) is 0.776. The Kier molecular flexibility index (Phi) is 4.12. The Bertz CT molecular complexity index is 360. The van der Waals surface area contributed by atoms with Gasteiger partial charge in [-0.25, -0.2) is 0 Å². The van der Waals surface area contributed by atoms with Crippen LogP contribution in [0.5, 0.6) is 0 Å². The predicted molar refractivity (Wildman–Crippen MR) is 63.8 cm³/mol. The minimum atomic E-state index is -0.853. The lowest BCUT2D eigenvalue weighted by atomic mass is 10.1. The van der Waals surface area contributed by atoms with Crippen molar-refractivity contribution in [3.63, 3.8) is 0 Å². The van der Waals surface area contributed by atoms with Crippen LogP contribution in [0.3, 0.4) is 0 Å². The van der Waals surface area contributed by atoms with Crippen LogP contribution in [0.25, 0.3) is 0 Å². The molecule has 1 aliphatic heterocycles. The van der Waals surface area contributed by atoms with Crippen molar-refractivity contribution in [1.29, 1.82) is 0 Å². The van der Waals surface area contributed by atoms with Crippen LogP contribution in [0.1, 0.15) is 24.4 Å². The van der Waals surface area contributed by atoms with Crippen LogP contribution in [-0.2, 0) is 9.53 Å². The van der Waals surface area contributed by atoms with Crippen molar-refractivity contribution in [3.8, 4) is 0 Å². The average molecular weight is 235 g/mol. The molecule has 2 atom stereocenters. The number of nitrogens with one attached hydrogen (secondary N) is 1. The van der Waals surface area contributed by atoms with Gasteiger partial charge in [-0.2, -0.15) is 0 Å². The molecular formula is C13H17NO3. The molecule has 1 saturated heterocycles. The molecule has 92 valence electrons. The highest BCUT2D eigenvalue weighted by Crippen LogP contribution is 2.15. The lowest BCUT2D eigenvalue weighted by Gasteiger charge is -2.17. The Labute approximate surface area is 101 Å². The third kappa shape index (κ3) is 3.28. The van der Waals surface area contributed by atoms with E-state index in [1.807, 2.05) is 30.3 Å². The molecule has 2 unspecified atom stereocenters. The van der Waals surface area contributed by atoms with Crippen molar-refractivity contribution in [2.75, 3.05) is 13.2 Å². The van der Waals surface area contributed by atoms with Crippen LogP contribution >= 0.6 is 0 Å². The zero-order valence-corrected chi connectivity index (χ0v) is 9.63. The van der Waals surface area contributed by atoms with Gasteiger partial charge >= 0.3 is 5.97 Å². The number of ether oxygens (including phenoxy) is 1. The van der Waals surface area contributed by atoms with Crippen molar-refractivity contribution < 1.29 is 14.6 Å². The summed E-state index contributed by atoms with van der Waals surface area (Å²) in [6, 6.07) is 8.56. The number of carboxylic acids is 1. The van der Waals surface area contributed by atoms with Gasteiger partial charge in [0.2, 0.25) is 0 Å². The molecule has 2 rings (SSSR count). The van der Waals surface area contributed by atoms with E-state index in [1.165, 1.54) is 0 Å². The molecule has 2 N–H and O–H groups in total. The third-order valence-corrected chi connectivity index (χ3v) is 2.95. The van der Waals surface area contributed by atoms with Crippen molar-refractivity contribution in [1.82, 2.24) is 5.32 Å². The number of carboxylic acid groups (broad SMARTS) is 1. The van der Waals surface area contributed by atoms with E-state index in [-0.39, 0.29) is 6.10 Å². The SMILES string of the molecule is O=C(O)C(NCC1CCCO1)c1ccccc1. The first-order valence-electron chi connectivity index (χ1n) is 5.90. The summed E-state index contributed by atoms with van der Waals surface area (Å²) in [6.07, 6.45) is 2.23. The van der Waals surface area contributed by atoms with Gasteiger partial charge in [-0.15, -0.1) is 0 Å². The summed E-state index contributed by atoms with van der Waals surface area (Å²) in [7, 11) is 0. The lowest BCUT2D eigenvalue weighted by Crippen LogP contribution is -2.34. The Morgan fingerprint density at radius 1 is 1.47 bits per heavy atom. The van der Waals surface area contributed by atoms with E-state index in [2.05, 4.69) is 5.32 Å². The Hall–Kier alpha value is -1.39. The van der Waals surface area contributed by atoms with E-state index in [1.54, 1.807) is 0 Å². The second-order valence-corrected chi connectivity index (χ2v) is 4.23. The quantitative estimate of drug-likeness (QED) is 0.813. The van der Waals surface area contributed by atoms with Crippen molar-refractivity contribution in [2.45, 2.75) is 25.0 Å². The molecule has 1 heterocycles. The zero-order valence-electron chi connectivity index (χ0n) is 9.63. The van der Waals surface area contributed by atoms with E-state index in [9.17, 15) is 9.90 Å². The molecule has 4 nitrogen and oxygen atoms in total. The number of hydrogen-bond acceptors (Lipinski definition) is 3. The van der Waals surface area contributed by atoms with E-state index in [0.29, 0.717) is 6.54 Å². The van der Waals surface area contributed by atoms with E-state index >= 15 is 0 Å². The number of aliphatic carboxylic acids is 1. The van der Waals surface area contributed by atoms with Gasteiger partial charge in [0.15, 0.2) is 0 Å². The van der Waals surface area contributed by atoms with E-state index in [4.69, 9.17) is 4.74 Å². The summed E-state index contributed by atoms with van der Waals surface area (Å²) < 4.78 is 5.46. The van der Waals surface area contributed by atoms with Gasteiger partial charge in [0, 0.05) is 13.2 Å². The summed E-state index contributed by atoms with van der Waals surface area (Å²) in [6.45, 7) is 1.38. The molecule has 17 heavy (non-hydrogen) atoms. The fraction of sp³-hybridized carbons (Fsp3) is 0.462. The topological polar surface area (TPSA) is 58.6 Å². The van der Waals surface area contributed by atoms with E-state index in [0.717, 1.165) is 25.0 Å². The van der Waals surface area contributed by atoms with Crippen LogP contribution in [-0.4, -0.2) is 30.3 Å². The van der Waals surface area contributed by atoms with Crippen molar-refractivity contribution >= 4 is 5.97 Å². The first-order valence-corrected chi connectivity index (χ1v) is 5.90. The normalized spacial score (nSPS) is 21.3. The molecule has 1 aromatic carbocycles. The molecule has 0 radical (unpaired) electrons. The smallest absolute Gasteiger partial charge is 0.325 e. The first-order chi connectivity index (χ1) is 8.27. The van der Waals surface area contributed by atoms with Crippen LogP contribution in [0.4, 0.5) is 0 Å². The molecule has 0 aliphatic carbocycles. The number of rotatable bonds is 5. The standard InChI is InChI=1S/C13H17NO3/c15-13(16)12(10-5-2-1-3-6-10)14-9-11-7-4-8-17-11/h1-3,5-6,11-12,14H,4,7-9H2,(H,15,16). The summed E-state index contributed by atoms with van der Waals surface area (Å²) in [5.74, 6) is -0.853. The van der Waals surface area contributed by atoms with Gasteiger partial charge in [0.05, 0.1) is 6.10 Å². The highest BCUT2D eigenvalue weighted by molar-refractivity contribution is 5.75. The molecule has 1 aliphatic rings. The van der Waals surface area contributed by atoms with Gasteiger partial charge < -0.3 is 9.84 Å². The fourth-order valence-corrected chi connectivity index (χ4v) is 2.05. The highest BCUT2D eigenvalue weighted by atomic mass is 16.5. The zero-order chi connectivity index (χ0) is 12.1. The van der Waals surface area contributed by atoms with Crippen molar-refractivity contribution in [3.05, 3.63) is 35.9 Å². The number of hydrogen-bond donors (Lipinski definition) is 2. The van der Waals surface area contributed by atoms with Gasteiger partial charge in [-0.3, -0.25) is 10.1 Å². The molecule has 0 bridgehead atoms. The Morgan fingerprint density at radius 2 is 2.24 bits per heavy atom. The molecule has 4 heteroatoms. The Morgan fingerprint density at radius 3 is 2.82 bits per heavy atom. The maximum atomic E-state index is 11.2. The number of benzene rings is 1. The predicted octanol–water partition coefficient (Wildman–Crippen LogP) is 1.58. The largest absolute Gasteiger partial charge is 0.480 e. The third-order valence-electron chi connectivity index (χ3n) is 2.95. The molecule has 1 aromatic rings. The first kappa shape index (κ1) is 12.1. The van der Waals surface area contributed by atoms with Crippen LogP contribution in [0, 0.1) is 0 Å². The maximum absolute atomic E-state index is 11.2. The van der Waals surface area contributed by atoms with Gasteiger partial charge in [-0.05, 0) is 18.4 Å². The summed E-state index contributed by atoms with van der Waals surface area (Å²) >= 11 is 0. The lowest BCUT2D eigenvalue weighted by molar-refractivity contribution is -0.139. The van der Waals surface area contributed by atoms with Gasteiger partial charge in [0.25, 0.3) is 0 Å². The fourth-order valence-electron chi connectivity index (χ4n) is 2.05. The molecule has 0 amide bonds. The molecule has 1 fully saturated rings.